The molecule has 0 aliphatic heterocycles. The van der Waals surface area contributed by atoms with Gasteiger partial charge in [0.1, 0.15) is 0 Å². The second-order valence-corrected chi connectivity index (χ2v) is 8.69. The molecule has 17 heteroatoms. The van der Waals surface area contributed by atoms with Crippen LogP contribution in [0.5, 0.6) is 0 Å². The molecule has 1 atom stereocenters. The van der Waals surface area contributed by atoms with Crippen LogP contribution in [0, 0.1) is 60.4 Å². The van der Waals surface area contributed by atoms with Crippen LogP contribution in [0.15, 0.2) is 21.0 Å². The first-order valence-electron chi connectivity index (χ1n) is 11.3. The van der Waals surface area contributed by atoms with Crippen LogP contribution in [-0.4, -0.2) is 38.9 Å². The van der Waals surface area contributed by atoms with Crippen molar-refractivity contribution in [3.8, 4) is 22.6 Å². The van der Waals surface area contributed by atoms with E-state index in [9.17, 15) is 44.7 Å². The lowest BCUT2D eigenvalue weighted by Gasteiger charge is -2.10. The Morgan fingerprint density at radius 2 is 1.19 bits per heavy atom. The van der Waals surface area contributed by atoms with E-state index in [4.69, 9.17) is 25.5 Å². The van der Waals surface area contributed by atoms with E-state index in [0.717, 1.165) is 0 Å². The summed E-state index contributed by atoms with van der Waals surface area (Å²) in [5.41, 5.74) is -2.50. The number of oxazole rings is 2. The Bertz CT molecular complexity index is 1690. The maximum absolute atomic E-state index is 13.9. The number of carbonyl (C=O) groups is 2. The lowest BCUT2D eigenvalue weighted by molar-refractivity contribution is 0.0917. The number of rotatable bonds is 6. The second-order valence-electron chi connectivity index (χ2n) is 8.35. The molecule has 4 aromatic rings. The number of aromatic nitrogens is 2. The van der Waals surface area contributed by atoms with Gasteiger partial charge >= 0.3 is 0 Å². The third-order valence-electron chi connectivity index (χ3n) is 5.22. The fraction of sp³-hybridized carbons (Fsp3) is 0.200. The highest BCUT2D eigenvalue weighted by molar-refractivity contribution is 6.67. The minimum Gasteiger partial charge on any atom is -0.440 e. The summed E-state index contributed by atoms with van der Waals surface area (Å²) >= 11 is 5.19. The number of hydrogen-bond donors (Lipinski definition) is 2. The molecule has 2 aromatic heterocycles. The molecule has 0 saturated carbocycles. The Kier molecular flexibility index (Phi) is 9.73. The molecular weight excluding hydrogens is 610 g/mol. The summed E-state index contributed by atoms with van der Waals surface area (Å²) in [5, 5.41) is 10.1. The van der Waals surface area contributed by atoms with Crippen molar-refractivity contribution in [2.45, 2.75) is 26.8 Å². The normalized spacial score (nSPS) is 11.6. The van der Waals surface area contributed by atoms with E-state index in [1.165, 1.54) is 20.8 Å². The molecule has 8 nitrogen and oxygen atoms in total. The van der Waals surface area contributed by atoms with E-state index in [-0.39, 0.29) is 18.4 Å². The lowest BCUT2D eigenvalue weighted by atomic mass is 10.1. The summed E-state index contributed by atoms with van der Waals surface area (Å²) in [4.78, 5) is 30.4. The van der Waals surface area contributed by atoms with Crippen LogP contribution in [0.1, 0.15) is 39.7 Å². The molecule has 2 N–H and O–H groups in total. The monoisotopic (exact) mass is 625 g/mol. The molecule has 2 aromatic carbocycles. The van der Waals surface area contributed by atoms with Crippen LogP contribution in [0.4, 0.5) is 35.1 Å². The molecule has 0 radical (unpaired) electrons. The Morgan fingerprint density at radius 1 is 0.786 bits per heavy atom. The Labute approximate surface area is 234 Å². The van der Waals surface area contributed by atoms with Gasteiger partial charge in [0.25, 0.3) is 11.1 Å². The highest BCUT2D eigenvalue weighted by Gasteiger charge is 2.29. The Hall–Kier alpha value is -4.31. The van der Waals surface area contributed by atoms with Crippen molar-refractivity contribution >= 4 is 22.8 Å². The molecule has 0 bridgehead atoms. The molecule has 42 heavy (non-hydrogen) atoms. The maximum atomic E-state index is 13.9. The second kappa shape index (κ2) is 12.7. The smallest absolute Gasteiger partial charge is 0.274 e. The van der Waals surface area contributed by atoms with Crippen LogP contribution in [0.25, 0.3) is 22.6 Å². The van der Waals surface area contributed by atoms with E-state index >= 15 is 0 Å². The number of nitrogens with one attached hydrogen (secondary N) is 1. The van der Waals surface area contributed by atoms with Gasteiger partial charge in [-0.05, 0) is 30.7 Å². The average Bonchev–Trinajstić information content (AvgIpc) is 3.53. The van der Waals surface area contributed by atoms with E-state index in [1.54, 1.807) is 0 Å². The minimum atomic E-state index is -2.02. The molecule has 224 valence electrons. The summed E-state index contributed by atoms with van der Waals surface area (Å²) in [7, 11) is 0. The van der Waals surface area contributed by atoms with Crippen LogP contribution in [-0.2, 0) is 0 Å². The fourth-order valence-corrected chi connectivity index (χ4v) is 3.45. The van der Waals surface area contributed by atoms with Gasteiger partial charge in [-0.2, -0.15) is 0 Å². The van der Waals surface area contributed by atoms with Crippen molar-refractivity contribution in [2.75, 3.05) is 6.61 Å². The molecule has 4 rings (SSSR count). The number of aliphatic hydroxyl groups is 1. The standard InChI is InChI=1S/C14H12F4N2O3.C11H4ClF4NO2/c1-5(4-21)19-14(22)12-13(23-6(2)20-12)7-3-8(15)10(17)11(18)9(7)16;1-3-17-9(11(12)18)10(19-3)4-2-5(13)7(15)8(16)6(4)14/h3,5,21H,4H2,1-2H3,(H,19,22);2H,1H3/t5-;/m0./s1. The van der Waals surface area contributed by atoms with Gasteiger partial charge < -0.3 is 19.3 Å². The number of aliphatic hydroxyl groups excluding tert-OH is 1. The third kappa shape index (κ3) is 6.44. The quantitative estimate of drug-likeness (QED) is 0.119. The molecule has 0 aliphatic rings. The summed E-state index contributed by atoms with van der Waals surface area (Å²) in [6, 6.07) is 0.0932. The van der Waals surface area contributed by atoms with Crippen molar-refractivity contribution in [2.24, 2.45) is 0 Å². The van der Waals surface area contributed by atoms with Crippen LogP contribution in [0.3, 0.4) is 0 Å². The van der Waals surface area contributed by atoms with Gasteiger partial charge in [0.2, 0.25) is 0 Å². The van der Waals surface area contributed by atoms with Crippen molar-refractivity contribution in [1.82, 2.24) is 15.3 Å². The highest BCUT2D eigenvalue weighted by atomic mass is 35.5. The third-order valence-corrected chi connectivity index (χ3v) is 5.39. The van der Waals surface area contributed by atoms with Crippen molar-refractivity contribution in [1.29, 1.82) is 0 Å². The summed E-state index contributed by atoms with van der Waals surface area (Å²) < 4.78 is 116. The van der Waals surface area contributed by atoms with Crippen LogP contribution >= 0.6 is 11.6 Å². The van der Waals surface area contributed by atoms with Crippen LogP contribution < -0.4 is 5.32 Å². The molecular formula is C25H16ClF8N3O5. The van der Waals surface area contributed by atoms with Gasteiger partial charge in [-0.15, -0.1) is 0 Å². The molecule has 0 spiro atoms. The number of carbonyl (C=O) groups excluding carboxylic acids is 2. The zero-order chi connectivity index (χ0) is 31.6. The fourth-order valence-electron chi connectivity index (χ4n) is 3.32. The predicted octanol–water partition coefficient (Wildman–Crippen LogP) is 5.90. The van der Waals surface area contributed by atoms with Gasteiger partial charge in [-0.3, -0.25) is 9.59 Å². The van der Waals surface area contributed by atoms with Crippen molar-refractivity contribution in [3.05, 3.63) is 81.8 Å². The Balaban J connectivity index is 0.000000235. The SMILES string of the molecule is Cc1nc(C(=O)Cl)c(-c2cc(F)c(F)c(F)c2F)o1.Cc1nc(C(=O)N[C@@H](C)CO)c(-c2cc(F)c(F)c(F)c2F)o1. The first-order valence-corrected chi connectivity index (χ1v) is 11.7. The van der Waals surface area contributed by atoms with Crippen LogP contribution in [0.2, 0.25) is 0 Å². The maximum Gasteiger partial charge on any atom is 0.274 e. The largest absolute Gasteiger partial charge is 0.440 e. The van der Waals surface area contributed by atoms with Gasteiger partial charge in [-0.1, -0.05) is 0 Å². The first-order chi connectivity index (χ1) is 19.6. The van der Waals surface area contributed by atoms with Gasteiger partial charge in [-0.25, -0.2) is 45.1 Å². The summed E-state index contributed by atoms with van der Waals surface area (Å²) in [5.74, 6) is -16.7. The predicted molar refractivity (Wildman–Crippen MR) is 127 cm³/mol. The van der Waals surface area contributed by atoms with Gasteiger partial charge in [0.05, 0.1) is 17.7 Å². The average molecular weight is 626 g/mol. The number of amides is 1. The molecule has 1 amide bonds. The summed E-state index contributed by atoms with van der Waals surface area (Å²) in [6.07, 6.45) is 0. The Morgan fingerprint density at radius 3 is 1.60 bits per heavy atom. The number of halogens is 9. The first kappa shape index (κ1) is 32.2. The number of aryl methyl sites for hydroxylation is 2. The van der Waals surface area contributed by atoms with Gasteiger partial charge in [0.15, 0.2) is 81.2 Å². The number of benzene rings is 2. The summed E-state index contributed by atoms with van der Waals surface area (Å²) in [6.45, 7) is 3.78. The van der Waals surface area contributed by atoms with E-state index < -0.39 is 97.8 Å². The van der Waals surface area contributed by atoms with E-state index in [0.29, 0.717) is 12.1 Å². The molecule has 0 fully saturated rings. The zero-order valence-corrected chi connectivity index (χ0v) is 22.1. The van der Waals surface area contributed by atoms with Crippen molar-refractivity contribution < 1.29 is 58.7 Å². The van der Waals surface area contributed by atoms with Crippen molar-refractivity contribution in [3.63, 3.8) is 0 Å². The van der Waals surface area contributed by atoms with E-state index in [2.05, 4.69) is 15.3 Å². The molecule has 0 unspecified atom stereocenters. The number of hydrogen-bond acceptors (Lipinski definition) is 7. The van der Waals surface area contributed by atoms with E-state index in [1.807, 2.05) is 0 Å². The molecule has 0 aliphatic carbocycles. The lowest BCUT2D eigenvalue weighted by Crippen LogP contribution is -2.35. The zero-order valence-electron chi connectivity index (χ0n) is 21.3. The molecule has 0 saturated heterocycles. The number of nitrogens with zero attached hydrogens (tertiary/aromatic N) is 2. The minimum absolute atomic E-state index is 0.0636. The topological polar surface area (TPSA) is 118 Å². The van der Waals surface area contributed by atoms with Gasteiger partial charge in [0, 0.05) is 19.9 Å². The molecule has 2 heterocycles. The highest BCUT2D eigenvalue weighted by Crippen LogP contribution is 2.32.